The highest BCUT2D eigenvalue weighted by Crippen LogP contribution is 2.16. The molecule has 2 N–H and O–H groups in total. The van der Waals surface area contributed by atoms with Crippen molar-refractivity contribution >= 4 is 0 Å². The molecule has 5 nitrogen and oxygen atoms in total. The van der Waals surface area contributed by atoms with Crippen LogP contribution in [0.1, 0.15) is 30.9 Å². The fraction of sp³-hybridized carbons (Fsp3) is 0.526. The molecule has 1 saturated heterocycles. The van der Waals surface area contributed by atoms with E-state index in [1.54, 1.807) is 0 Å². The predicted octanol–water partition coefficient (Wildman–Crippen LogP) is 2.02. The Morgan fingerprint density at radius 1 is 1.21 bits per heavy atom. The van der Waals surface area contributed by atoms with Crippen molar-refractivity contribution in [1.82, 2.24) is 20.0 Å². The van der Waals surface area contributed by atoms with E-state index >= 15 is 0 Å². The molecule has 1 fully saturated rings. The molecule has 0 radical (unpaired) electrons. The van der Waals surface area contributed by atoms with E-state index in [1.807, 2.05) is 23.1 Å². The van der Waals surface area contributed by atoms with Gasteiger partial charge in [0, 0.05) is 44.6 Å². The van der Waals surface area contributed by atoms with Crippen LogP contribution in [0.2, 0.25) is 0 Å². The fourth-order valence-electron chi connectivity index (χ4n) is 3.24. The zero-order valence-electron chi connectivity index (χ0n) is 14.4. The van der Waals surface area contributed by atoms with Crippen LogP contribution < -0.4 is 5.32 Å². The van der Waals surface area contributed by atoms with Gasteiger partial charge < -0.3 is 10.4 Å². The predicted molar refractivity (Wildman–Crippen MR) is 95.5 cm³/mol. The first-order valence-electron chi connectivity index (χ1n) is 8.88. The van der Waals surface area contributed by atoms with Crippen LogP contribution in [0.4, 0.5) is 0 Å². The normalized spacial score (nSPS) is 17.9. The van der Waals surface area contributed by atoms with E-state index < -0.39 is 0 Å². The van der Waals surface area contributed by atoms with E-state index in [1.165, 1.54) is 11.1 Å². The fourth-order valence-corrected chi connectivity index (χ4v) is 3.24. The molecule has 0 amide bonds. The number of nitrogens with zero attached hydrogens (tertiary/aromatic N) is 3. The van der Waals surface area contributed by atoms with Gasteiger partial charge in [0.2, 0.25) is 0 Å². The van der Waals surface area contributed by atoms with Crippen LogP contribution >= 0.6 is 0 Å². The first kappa shape index (κ1) is 17.1. The lowest BCUT2D eigenvalue weighted by Crippen LogP contribution is -2.36. The van der Waals surface area contributed by atoms with Crippen molar-refractivity contribution in [2.75, 3.05) is 13.1 Å². The number of benzene rings is 1. The lowest BCUT2D eigenvalue weighted by Gasteiger charge is -2.30. The van der Waals surface area contributed by atoms with Gasteiger partial charge in [0.25, 0.3) is 0 Å². The highest BCUT2D eigenvalue weighted by molar-refractivity contribution is 5.27. The summed E-state index contributed by atoms with van der Waals surface area (Å²) in [6.45, 7) is 6.87. The van der Waals surface area contributed by atoms with Gasteiger partial charge in [-0.05, 0) is 37.0 Å². The number of likely N-dealkylation sites (tertiary alicyclic amines) is 1. The number of aliphatic hydroxyl groups excluding tert-OH is 1. The van der Waals surface area contributed by atoms with Gasteiger partial charge in [-0.2, -0.15) is 5.10 Å². The number of hydrogen-bond acceptors (Lipinski definition) is 4. The number of aliphatic hydroxyl groups is 1. The summed E-state index contributed by atoms with van der Waals surface area (Å²) >= 11 is 0. The molecule has 130 valence electrons. The van der Waals surface area contributed by atoms with Gasteiger partial charge in [-0.25, -0.2) is 0 Å². The molecule has 1 atom stereocenters. The molecule has 3 rings (SSSR count). The molecule has 5 heteroatoms. The van der Waals surface area contributed by atoms with Crippen molar-refractivity contribution < 1.29 is 5.11 Å². The number of nitrogens with one attached hydrogen (secondary N) is 1. The summed E-state index contributed by atoms with van der Waals surface area (Å²) in [7, 11) is 0. The second-order valence-corrected chi connectivity index (χ2v) is 6.79. The molecule has 0 aliphatic carbocycles. The summed E-state index contributed by atoms with van der Waals surface area (Å²) in [4.78, 5) is 2.44. The lowest BCUT2D eigenvalue weighted by atomic mass is 10.0. The number of aromatic nitrogens is 2. The zero-order valence-corrected chi connectivity index (χ0v) is 14.4. The van der Waals surface area contributed by atoms with Crippen LogP contribution in [0.15, 0.2) is 42.7 Å². The van der Waals surface area contributed by atoms with Crippen molar-refractivity contribution in [3.8, 4) is 0 Å². The van der Waals surface area contributed by atoms with Gasteiger partial charge in [0.15, 0.2) is 0 Å². The van der Waals surface area contributed by atoms with Gasteiger partial charge >= 0.3 is 0 Å². The largest absolute Gasteiger partial charge is 0.393 e. The third kappa shape index (κ3) is 4.90. The average Bonchev–Trinajstić information content (AvgIpc) is 3.09. The van der Waals surface area contributed by atoms with E-state index in [0.717, 1.165) is 45.6 Å². The Balaban J connectivity index is 1.53. The lowest BCUT2D eigenvalue weighted by molar-refractivity contribution is 0.0791. The van der Waals surface area contributed by atoms with E-state index in [2.05, 4.69) is 46.5 Å². The minimum absolute atomic E-state index is 0.110. The highest BCUT2D eigenvalue weighted by Gasteiger charge is 2.17. The highest BCUT2D eigenvalue weighted by atomic mass is 16.3. The Bertz CT molecular complexity index is 606. The molecular formula is C19H28N4O. The average molecular weight is 328 g/mol. The third-order valence-corrected chi connectivity index (χ3v) is 4.73. The maximum atomic E-state index is 9.65. The van der Waals surface area contributed by atoms with Crippen LogP contribution in [-0.4, -0.2) is 45.0 Å². The summed E-state index contributed by atoms with van der Waals surface area (Å²) in [5.74, 6) is 0. The second kappa shape index (κ2) is 8.42. The first-order valence-corrected chi connectivity index (χ1v) is 8.88. The Kier molecular flexibility index (Phi) is 6.01. The van der Waals surface area contributed by atoms with E-state index in [0.29, 0.717) is 6.04 Å². The van der Waals surface area contributed by atoms with E-state index in [4.69, 9.17) is 0 Å². The zero-order chi connectivity index (χ0) is 16.8. The Labute approximate surface area is 144 Å². The van der Waals surface area contributed by atoms with Crippen LogP contribution in [0.3, 0.4) is 0 Å². The van der Waals surface area contributed by atoms with Crippen LogP contribution in [0.25, 0.3) is 0 Å². The van der Waals surface area contributed by atoms with Gasteiger partial charge in [-0.3, -0.25) is 9.58 Å². The van der Waals surface area contributed by atoms with Crippen molar-refractivity contribution in [3.05, 3.63) is 53.9 Å². The third-order valence-electron chi connectivity index (χ3n) is 4.73. The molecule has 1 aromatic carbocycles. The summed E-state index contributed by atoms with van der Waals surface area (Å²) in [5, 5.41) is 17.5. The van der Waals surface area contributed by atoms with E-state index in [-0.39, 0.29) is 6.10 Å². The van der Waals surface area contributed by atoms with Crippen molar-refractivity contribution in [1.29, 1.82) is 0 Å². The summed E-state index contributed by atoms with van der Waals surface area (Å²) in [5.41, 5.74) is 2.74. The number of rotatable bonds is 7. The molecule has 1 aromatic heterocycles. The standard InChI is InChI=1S/C19H28N4O/c1-16(14-23-10-4-9-21-23)20-13-17-5-2-3-6-18(17)15-22-11-7-19(24)8-12-22/h2-6,9-10,16,19-20,24H,7-8,11-15H2,1H3/t16-/m0/s1. The molecule has 1 aliphatic rings. The molecule has 0 unspecified atom stereocenters. The number of piperidine rings is 1. The summed E-state index contributed by atoms with van der Waals surface area (Å²) < 4.78 is 1.96. The molecular weight excluding hydrogens is 300 g/mol. The number of hydrogen-bond donors (Lipinski definition) is 2. The minimum atomic E-state index is -0.110. The van der Waals surface area contributed by atoms with Crippen LogP contribution in [0.5, 0.6) is 0 Å². The van der Waals surface area contributed by atoms with Gasteiger partial charge in [0.05, 0.1) is 12.6 Å². The van der Waals surface area contributed by atoms with Crippen molar-refractivity contribution in [2.24, 2.45) is 0 Å². The Morgan fingerprint density at radius 3 is 2.67 bits per heavy atom. The molecule has 2 aromatic rings. The maximum Gasteiger partial charge on any atom is 0.0564 e. The first-order chi connectivity index (χ1) is 11.7. The summed E-state index contributed by atoms with van der Waals surface area (Å²) in [6, 6.07) is 11.0. The Hall–Kier alpha value is -1.69. The van der Waals surface area contributed by atoms with Crippen LogP contribution in [0, 0.1) is 0 Å². The molecule has 2 heterocycles. The minimum Gasteiger partial charge on any atom is -0.393 e. The van der Waals surface area contributed by atoms with Gasteiger partial charge in [-0.1, -0.05) is 24.3 Å². The maximum absolute atomic E-state index is 9.65. The van der Waals surface area contributed by atoms with Gasteiger partial charge in [-0.15, -0.1) is 0 Å². The van der Waals surface area contributed by atoms with Crippen LogP contribution in [-0.2, 0) is 19.6 Å². The summed E-state index contributed by atoms with van der Waals surface area (Å²) in [6.07, 6.45) is 5.48. The monoisotopic (exact) mass is 328 g/mol. The quantitative estimate of drug-likeness (QED) is 0.816. The molecule has 0 saturated carbocycles. The molecule has 24 heavy (non-hydrogen) atoms. The molecule has 1 aliphatic heterocycles. The molecule has 0 bridgehead atoms. The van der Waals surface area contributed by atoms with E-state index in [9.17, 15) is 5.11 Å². The Morgan fingerprint density at radius 2 is 1.96 bits per heavy atom. The topological polar surface area (TPSA) is 53.3 Å². The van der Waals surface area contributed by atoms with Crippen molar-refractivity contribution in [3.63, 3.8) is 0 Å². The van der Waals surface area contributed by atoms with Crippen molar-refractivity contribution in [2.45, 2.75) is 51.5 Å². The SMILES string of the molecule is C[C@@H](Cn1cccn1)NCc1ccccc1CN1CCC(O)CC1. The second-order valence-electron chi connectivity index (χ2n) is 6.79. The van der Waals surface area contributed by atoms with Gasteiger partial charge in [0.1, 0.15) is 0 Å². The molecule has 0 spiro atoms. The smallest absolute Gasteiger partial charge is 0.0564 e.